The third kappa shape index (κ3) is 2.64. The third-order valence-electron chi connectivity index (χ3n) is 3.48. The highest BCUT2D eigenvalue weighted by Gasteiger charge is 2.25. The van der Waals surface area contributed by atoms with Gasteiger partial charge in [-0.15, -0.1) is 0 Å². The molecule has 0 heterocycles. The number of hydrogen-bond acceptors (Lipinski definition) is 1. The topological polar surface area (TPSA) is 23.1 Å². The van der Waals surface area contributed by atoms with E-state index >= 15 is 0 Å². The van der Waals surface area contributed by atoms with Crippen molar-refractivity contribution < 1.29 is 4.55 Å². The molecule has 0 saturated carbocycles. The molecule has 0 fully saturated rings. The van der Waals surface area contributed by atoms with Crippen LogP contribution < -0.4 is 0 Å². The van der Waals surface area contributed by atoms with E-state index in [1.165, 1.54) is 11.1 Å². The van der Waals surface area contributed by atoms with Gasteiger partial charge in [0.2, 0.25) is 0 Å². The van der Waals surface area contributed by atoms with Crippen LogP contribution in [0.25, 0.3) is 4.91 Å². The van der Waals surface area contributed by atoms with Gasteiger partial charge in [-0.05, 0) is 49.6 Å². The first-order valence-electron chi connectivity index (χ1n) is 6.62. The Morgan fingerprint density at radius 3 is 2.80 bits per heavy atom. The molecule has 1 atom stereocenters. The molecule has 20 heavy (non-hydrogen) atoms. The lowest BCUT2D eigenvalue weighted by Crippen LogP contribution is -2.10. The molecule has 0 N–H and O–H groups in total. The summed E-state index contributed by atoms with van der Waals surface area (Å²) in [6.07, 6.45) is 4.06. The van der Waals surface area contributed by atoms with Crippen LogP contribution in [-0.4, -0.2) is 4.55 Å². The Kier molecular flexibility index (Phi) is 3.88. The molecule has 0 saturated heterocycles. The smallest absolute Gasteiger partial charge is 0.161 e. The SMILES string of the molecule is Cc1ccc2c(c1)CCC=C2[S+]([O-])c1cccc(Cl)c1. The summed E-state index contributed by atoms with van der Waals surface area (Å²) < 4.78 is 12.8. The maximum Gasteiger partial charge on any atom is 0.161 e. The predicted molar refractivity (Wildman–Crippen MR) is 85.3 cm³/mol. The lowest BCUT2D eigenvalue weighted by Gasteiger charge is -2.20. The molecule has 0 amide bonds. The van der Waals surface area contributed by atoms with Crippen molar-refractivity contribution in [2.24, 2.45) is 0 Å². The van der Waals surface area contributed by atoms with Gasteiger partial charge in [-0.25, -0.2) is 0 Å². The second kappa shape index (κ2) is 5.65. The van der Waals surface area contributed by atoms with Gasteiger partial charge in [-0.2, -0.15) is 0 Å². The van der Waals surface area contributed by atoms with Gasteiger partial charge in [0, 0.05) is 27.8 Å². The zero-order valence-corrected chi connectivity index (χ0v) is 12.8. The van der Waals surface area contributed by atoms with E-state index in [2.05, 4.69) is 31.2 Å². The average Bonchev–Trinajstić information content (AvgIpc) is 2.45. The van der Waals surface area contributed by atoms with Crippen molar-refractivity contribution in [1.82, 2.24) is 0 Å². The largest absolute Gasteiger partial charge is 0.606 e. The van der Waals surface area contributed by atoms with Gasteiger partial charge >= 0.3 is 0 Å². The molecule has 0 aliphatic heterocycles. The predicted octanol–water partition coefficient (Wildman–Crippen LogP) is 4.74. The van der Waals surface area contributed by atoms with Crippen LogP contribution >= 0.6 is 11.6 Å². The minimum Gasteiger partial charge on any atom is -0.606 e. The molecular weight excluding hydrogens is 288 g/mol. The first-order valence-corrected chi connectivity index (χ1v) is 8.15. The highest BCUT2D eigenvalue weighted by atomic mass is 35.5. The number of fused-ring (bicyclic) bond motifs is 1. The fraction of sp³-hybridized carbons (Fsp3) is 0.176. The lowest BCUT2D eigenvalue weighted by molar-refractivity contribution is 0.604. The summed E-state index contributed by atoms with van der Waals surface area (Å²) >= 11 is 4.82. The van der Waals surface area contributed by atoms with Gasteiger partial charge in [0.25, 0.3) is 0 Å². The van der Waals surface area contributed by atoms with E-state index in [1.54, 1.807) is 12.1 Å². The number of allylic oxidation sites excluding steroid dienone is 1. The molecule has 0 spiro atoms. The Morgan fingerprint density at radius 1 is 1.15 bits per heavy atom. The third-order valence-corrected chi connectivity index (χ3v) is 5.18. The molecule has 2 aromatic rings. The fourth-order valence-corrected chi connectivity index (χ4v) is 4.14. The second-order valence-electron chi connectivity index (χ2n) is 4.99. The van der Waals surface area contributed by atoms with E-state index in [0.717, 1.165) is 28.2 Å². The highest BCUT2D eigenvalue weighted by Crippen LogP contribution is 2.35. The molecule has 1 nitrogen and oxygen atoms in total. The van der Waals surface area contributed by atoms with Crippen molar-refractivity contribution in [1.29, 1.82) is 0 Å². The van der Waals surface area contributed by atoms with E-state index < -0.39 is 11.2 Å². The van der Waals surface area contributed by atoms with Crippen molar-refractivity contribution in [3.8, 4) is 0 Å². The molecule has 1 unspecified atom stereocenters. The zero-order chi connectivity index (χ0) is 14.1. The number of hydrogen-bond donors (Lipinski definition) is 0. The van der Waals surface area contributed by atoms with Crippen LogP contribution in [0.3, 0.4) is 0 Å². The number of aryl methyl sites for hydroxylation is 2. The fourth-order valence-electron chi connectivity index (χ4n) is 2.52. The van der Waals surface area contributed by atoms with Gasteiger partial charge < -0.3 is 4.55 Å². The summed E-state index contributed by atoms with van der Waals surface area (Å²) in [6, 6.07) is 13.6. The van der Waals surface area contributed by atoms with E-state index in [4.69, 9.17) is 11.6 Å². The first-order chi connectivity index (χ1) is 9.65. The Hall–Kier alpha value is -1.22. The van der Waals surface area contributed by atoms with Crippen molar-refractivity contribution in [3.63, 3.8) is 0 Å². The monoisotopic (exact) mass is 302 g/mol. The number of benzene rings is 2. The zero-order valence-electron chi connectivity index (χ0n) is 11.2. The van der Waals surface area contributed by atoms with Gasteiger partial charge in [0.15, 0.2) is 9.80 Å². The van der Waals surface area contributed by atoms with E-state index in [-0.39, 0.29) is 0 Å². The molecule has 3 heteroatoms. The van der Waals surface area contributed by atoms with Crippen molar-refractivity contribution in [2.45, 2.75) is 24.7 Å². The Labute approximate surface area is 127 Å². The minimum atomic E-state index is -1.17. The van der Waals surface area contributed by atoms with Crippen LogP contribution in [0.1, 0.15) is 23.1 Å². The van der Waals surface area contributed by atoms with E-state index in [9.17, 15) is 4.55 Å². The molecule has 0 bridgehead atoms. The van der Waals surface area contributed by atoms with Crippen molar-refractivity contribution in [2.75, 3.05) is 0 Å². The molecule has 1 aliphatic rings. The van der Waals surface area contributed by atoms with E-state index in [1.807, 2.05) is 12.1 Å². The van der Waals surface area contributed by atoms with Crippen LogP contribution in [0, 0.1) is 6.92 Å². The summed E-state index contributed by atoms with van der Waals surface area (Å²) in [5.74, 6) is 0. The summed E-state index contributed by atoms with van der Waals surface area (Å²) in [4.78, 5) is 1.67. The molecule has 0 radical (unpaired) electrons. The summed E-state index contributed by atoms with van der Waals surface area (Å²) in [5.41, 5.74) is 3.65. The quantitative estimate of drug-likeness (QED) is 0.735. The summed E-state index contributed by atoms with van der Waals surface area (Å²) in [7, 11) is 0. The highest BCUT2D eigenvalue weighted by molar-refractivity contribution is 8.00. The Bertz CT molecular complexity index is 678. The number of rotatable bonds is 2. The first kappa shape index (κ1) is 13.7. The molecule has 1 aliphatic carbocycles. The van der Waals surface area contributed by atoms with Gasteiger partial charge in [0.1, 0.15) is 0 Å². The molecule has 102 valence electrons. The molecule has 0 aromatic heterocycles. The molecule has 3 rings (SSSR count). The minimum absolute atomic E-state index is 0.622. The van der Waals surface area contributed by atoms with Crippen LogP contribution in [0.4, 0.5) is 0 Å². The van der Waals surface area contributed by atoms with E-state index in [0.29, 0.717) is 5.02 Å². The van der Waals surface area contributed by atoms with Gasteiger partial charge in [-0.3, -0.25) is 0 Å². The van der Waals surface area contributed by atoms with Crippen LogP contribution in [-0.2, 0) is 17.6 Å². The number of halogens is 1. The van der Waals surface area contributed by atoms with Gasteiger partial charge in [0.05, 0.1) is 0 Å². The Morgan fingerprint density at radius 2 is 2.00 bits per heavy atom. The second-order valence-corrected chi connectivity index (χ2v) is 6.88. The lowest BCUT2D eigenvalue weighted by atomic mass is 9.95. The van der Waals surface area contributed by atoms with Crippen molar-refractivity contribution in [3.05, 3.63) is 70.3 Å². The summed E-state index contributed by atoms with van der Waals surface area (Å²) in [6.45, 7) is 2.09. The van der Waals surface area contributed by atoms with Crippen molar-refractivity contribution >= 4 is 27.7 Å². The van der Waals surface area contributed by atoms with Crippen LogP contribution in [0.5, 0.6) is 0 Å². The normalized spacial score (nSPS) is 15.4. The van der Waals surface area contributed by atoms with Crippen LogP contribution in [0.15, 0.2) is 53.4 Å². The summed E-state index contributed by atoms with van der Waals surface area (Å²) in [5, 5.41) is 0.622. The average molecular weight is 303 g/mol. The Balaban J connectivity index is 2.01. The van der Waals surface area contributed by atoms with Crippen LogP contribution in [0.2, 0.25) is 5.02 Å². The maximum atomic E-state index is 12.8. The standard InChI is InChI=1S/C17H15ClOS/c1-12-8-9-16-13(10-12)4-2-7-17(16)20(19)15-6-3-5-14(18)11-15/h3,5-11H,2,4H2,1H3. The van der Waals surface area contributed by atoms with Gasteiger partial charge in [-0.1, -0.05) is 35.4 Å². The molecular formula is C17H15ClOS. The molecule has 2 aromatic carbocycles. The maximum absolute atomic E-state index is 12.8.